The van der Waals surface area contributed by atoms with Crippen molar-refractivity contribution in [1.29, 1.82) is 0 Å². The Morgan fingerprint density at radius 2 is 2.12 bits per heavy atom. The van der Waals surface area contributed by atoms with Crippen LogP contribution in [0.5, 0.6) is 0 Å². The highest BCUT2D eigenvalue weighted by Crippen LogP contribution is 2.15. The summed E-state index contributed by atoms with van der Waals surface area (Å²) in [5.41, 5.74) is 2.56. The molecule has 2 aliphatic heterocycles. The Labute approximate surface area is 143 Å². The molecule has 2 rings (SSSR count). The Hall–Kier alpha value is -2.43. The Balaban J connectivity index is 1.96. The monoisotopic (exact) mass is 327 g/mol. The first kappa shape index (κ1) is 17.9. The lowest BCUT2D eigenvalue weighted by Crippen LogP contribution is -2.22. The summed E-state index contributed by atoms with van der Waals surface area (Å²) in [5, 5.41) is 6.29. The van der Waals surface area contributed by atoms with Crippen LogP contribution in [0.25, 0.3) is 0 Å². The van der Waals surface area contributed by atoms with Gasteiger partial charge in [0, 0.05) is 56.1 Å². The molecule has 0 saturated heterocycles. The van der Waals surface area contributed by atoms with Gasteiger partial charge in [0.1, 0.15) is 5.60 Å². The molecular formula is C19H25N3O2. The van der Waals surface area contributed by atoms with Crippen molar-refractivity contribution in [2.45, 2.75) is 45.6 Å². The minimum atomic E-state index is -0.468. The molecule has 0 fully saturated rings. The Bertz CT molecular complexity index is 659. The van der Waals surface area contributed by atoms with E-state index in [0.29, 0.717) is 6.42 Å². The number of rotatable bonds is 4. The standard InChI is InChI=1S/C19H25N3O2/c1-19(2,3)24-18(23)12-6-10-16-9-5-8-15(14-20-16)17-11-7-13-22(4)21-17/h5-8,12-14H,9-11H2,1-4H3. The molecule has 0 radical (unpaired) electrons. The van der Waals surface area contributed by atoms with Crippen molar-refractivity contribution in [2.75, 3.05) is 7.05 Å². The Morgan fingerprint density at radius 1 is 1.33 bits per heavy atom. The van der Waals surface area contributed by atoms with Crippen LogP contribution < -0.4 is 0 Å². The second kappa shape index (κ2) is 7.90. The molecule has 0 spiro atoms. The molecule has 128 valence electrons. The first-order valence-corrected chi connectivity index (χ1v) is 8.12. The zero-order valence-electron chi connectivity index (χ0n) is 14.8. The Morgan fingerprint density at radius 3 is 2.83 bits per heavy atom. The fourth-order valence-electron chi connectivity index (χ4n) is 2.27. The van der Waals surface area contributed by atoms with Crippen molar-refractivity contribution in [3.05, 3.63) is 48.4 Å². The third-order valence-corrected chi connectivity index (χ3v) is 3.30. The zero-order chi connectivity index (χ0) is 17.6. The van der Waals surface area contributed by atoms with Crippen LogP contribution in [0.2, 0.25) is 0 Å². The van der Waals surface area contributed by atoms with Crippen molar-refractivity contribution in [1.82, 2.24) is 5.01 Å². The van der Waals surface area contributed by atoms with E-state index in [1.807, 2.05) is 40.2 Å². The second-order valence-corrected chi connectivity index (χ2v) is 6.74. The molecule has 2 heterocycles. The van der Waals surface area contributed by atoms with Crippen molar-refractivity contribution >= 4 is 17.4 Å². The summed E-state index contributed by atoms with van der Waals surface area (Å²) >= 11 is 0. The zero-order valence-corrected chi connectivity index (χ0v) is 14.8. The summed E-state index contributed by atoms with van der Waals surface area (Å²) in [7, 11) is 1.91. The van der Waals surface area contributed by atoms with E-state index in [0.717, 1.165) is 29.8 Å². The van der Waals surface area contributed by atoms with Gasteiger partial charge in [-0.1, -0.05) is 24.3 Å². The fraction of sp³-hybridized carbons (Fsp3) is 0.421. The molecule has 0 unspecified atom stereocenters. The average molecular weight is 327 g/mol. The van der Waals surface area contributed by atoms with E-state index >= 15 is 0 Å². The summed E-state index contributed by atoms with van der Waals surface area (Å²) in [5.74, 6) is -0.324. The number of ether oxygens (including phenoxy) is 1. The molecule has 2 aliphatic rings. The van der Waals surface area contributed by atoms with Crippen LogP contribution in [0, 0.1) is 0 Å². The molecule has 0 aromatic heterocycles. The van der Waals surface area contributed by atoms with E-state index in [1.54, 1.807) is 11.1 Å². The summed E-state index contributed by atoms with van der Waals surface area (Å²) in [6.07, 6.45) is 15.5. The maximum Gasteiger partial charge on any atom is 0.330 e. The van der Waals surface area contributed by atoms with Crippen LogP contribution in [0.3, 0.4) is 0 Å². The van der Waals surface area contributed by atoms with Crippen molar-refractivity contribution in [3.63, 3.8) is 0 Å². The number of hydrogen-bond acceptors (Lipinski definition) is 5. The normalized spacial score (nSPS) is 18.2. The predicted molar refractivity (Wildman–Crippen MR) is 97.8 cm³/mol. The molecule has 0 N–H and O–H groups in total. The molecule has 0 aromatic carbocycles. The van der Waals surface area contributed by atoms with Gasteiger partial charge in [-0.25, -0.2) is 4.79 Å². The van der Waals surface area contributed by atoms with Gasteiger partial charge in [-0.15, -0.1) is 0 Å². The summed E-state index contributed by atoms with van der Waals surface area (Å²) < 4.78 is 5.24. The smallest absolute Gasteiger partial charge is 0.330 e. The molecule has 0 amide bonds. The maximum atomic E-state index is 11.7. The molecule has 0 saturated carbocycles. The van der Waals surface area contributed by atoms with E-state index in [2.05, 4.69) is 28.3 Å². The highest BCUT2D eigenvalue weighted by atomic mass is 16.6. The highest BCUT2D eigenvalue weighted by molar-refractivity contribution is 6.04. The second-order valence-electron chi connectivity index (χ2n) is 6.74. The summed E-state index contributed by atoms with van der Waals surface area (Å²) in [6.45, 7) is 5.56. The average Bonchev–Trinajstić information content (AvgIpc) is 2.71. The Kier molecular flexibility index (Phi) is 5.90. The van der Waals surface area contributed by atoms with E-state index in [4.69, 9.17) is 4.74 Å². The van der Waals surface area contributed by atoms with Gasteiger partial charge in [-0.3, -0.25) is 10.0 Å². The largest absolute Gasteiger partial charge is 0.457 e. The lowest BCUT2D eigenvalue weighted by Gasteiger charge is -2.17. The fourth-order valence-corrected chi connectivity index (χ4v) is 2.27. The van der Waals surface area contributed by atoms with E-state index in [1.165, 1.54) is 6.08 Å². The van der Waals surface area contributed by atoms with Gasteiger partial charge in [0.2, 0.25) is 0 Å². The van der Waals surface area contributed by atoms with Crippen LogP contribution in [0.4, 0.5) is 0 Å². The maximum absolute atomic E-state index is 11.7. The lowest BCUT2D eigenvalue weighted by molar-refractivity contribution is -0.148. The lowest BCUT2D eigenvalue weighted by atomic mass is 10.1. The minimum absolute atomic E-state index is 0.324. The number of hydrogen-bond donors (Lipinski definition) is 0. The number of carbonyl (C=O) groups excluding carboxylic acids is 1. The van der Waals surface area contributed by atoms with E-state index < -0.39 is 5.60 Å². The third kappa shape index (κ3) is 5.99. The van der Waals surface area contributed by atoms with Gasteiger partial charge in [0.25, 0.3) is 0 Å². The number of allylic oxidation sites excluding steroid dienone is 5. The molecule has 24 heavy (non-hydrogen) atoms. The number of esters is 1. The van der Waals surface area contributed by atoms with Gasteiger partial charge >= 0.3 is 5.97 Å². The van der Waals surface area contributed by atoms with E-state index in [-0.39, 0.29) is 5.97 Å². The number of hydrazone groups is 1. The molecule has 0 bridgehead atoms. The number of carbonyl (C=O) groups is 1. The van der Waals surface area contributed by atoms with E-state index in [9.17, 15) is 4.79 Å². The van der Waals surface area contributed by atoms with Crippen molar-refractivity contribution in [2.24, 2.45) is 10.1 Å². The van der Waals surface area contributed by atoms with Crippen LogP contribution in [-0.4, -0.2) is 35.1 Å². The molecule has 0 aromatic rings. The first-order valence-electron chi connectivity index (χ1n) is 8.12. The quantitative estimate of drug-likeness (QED) is 0.583. The van der Waals surface area contributed by atoms with Crippen LogP contribution in [0.15, 0.2) is 58.4 Å². The summed E-state index contributed by atoms with van der Waals surface area (Å²) in [4.78, 5) is 16.2. The van der Waals surface area contributed by atoms with Crippen LogP contribution in [-0.2, 0) is 9.53 Å². The number of aliphatic imine (C=N–C) groups is 1. The van der Waals surface area contributed by atoms with Crippen LogP contribution >= 0.6 is 0 Å². The van der Waals surface area contributed by atoms with Gasteiger partial charge in [-0.05, 0) is 20.8 Å². The molecule has 0 aliphatic carbocycles. The van der Waals surface area contributed by atoms with Crippen molar-refractivity contribution in [3.8, 4) is 0 Å². The SMILES string of the molecule is CN1C=CCC(C2=CN=C(CC=CC(=O)OC(C)(C)C)CC=C2)=N1. The highest BCUT2D eigenvalue weighted by Gasteiger charge is 2.14. The minimum Gasteiger partial charge on any atom is -0.457 e. The molecule has 0 atom stereocenters. The van der Waals surface area contributed by atoms with Gasteiger partial charge in [0.05, 0.1) is 5.71 Å². The van der Waals surface area contributed by atoms with Crippen molar-refractivity contribution < 1.29 is 9.53 Å². The van der Waals surface area contributed by atoms with Gasteiger partial charge in [0.15, 0.2) is 0 Å². The molecular weight excluding hydrogens is 302 g/mol. The number of nitrogens with zero attached hydrogens (tertiary/aromatic N) is 3. The third-order valence-electron chi connectivity index (χ3n) is 3.30. The molecule has 5 heteroatoms. The van der Waals surface area contributed by atoms with Crippen LogP contribution in [0.1, 0.15) is 40.0 Å². The molecule has 5 nitrogen and oxygen atoms in total. The van der Waals surface area contributed by atoms with Gasteiger partial charge in [-0.2, -0.15) is 5.10 Å². The first-order chi connectivity index (χ1) is 11.3. The predicted octanol–water partition coefficient (Wildman–Crippen LogP) is 3.76. The summed E-state index contributed by atoms with van der Waals surface area (Å²) in [6, 6.07) is 0. The van der Waals surface area contributed by atoms with Gasteiger partial charge < -0.3 is 4.74 Å². The topological polar surface area (TPSA) is 54.3 Å².